The Kier molecular flexibility index (Phi) is 4.54. The second-order valence-corrected chi connectivity index (χ2v) is 4.90. The molecule has 15 heavy (non-hydrogen) atoms. The van der Waals surface area contributed by atoms with E-state index in [1.165, 1.54) is 6.54 Å². The molecule has 1 aliphatic rings. The van der Waals surface area contributed by atoms with E-state index >= 15 is 0 Å². The summed E-state index contributed by atoms with van der Waals surface area (Å²) >= 11 is 0. The average molecular weight is 212 g/mol. The van der Waals surface area contributed by atoms with Crippen molar-refractivity contribution in [1.29, 1.82) is 5.41 Å². The zero-order valence-corrected chi connectivity index (χ0v) is 10.2. The normalized spacial score (nSPS) is 27.5. The molecule has 2 atom stereocenters. The molecule has 0 bridgehead atoms. The maximum absolute atomic E-state index is 7.17. The Hall–Kier alpha value is -0.610. The Morgan fingerprint density at radius 2 is 2.13 bits per heavy atom. The zero-order chi connectivity index (χ0) is 11.4. The van der Waals surface area contributed by atoms with Gasteiger partial charge in [-0.2, -0.15) is 0 Å². The smallest absolute Gasteiger partial charge is 0.0905 e. The van der Waals surface area contributed by atoms with Gasteiger partial charge in [0.15, 0.2) is 0 Å². The van der Waals surface area contributed by atoms with Gasteiger partial charge < -0.3 is 15.5 Å². The number of nitrogens with zero attached hydrogens (tertiary/aromatic N) is 2. The lowest BCUT2D eigenvalue weighted by Gasteiger charge is -2.22. The highest BCUT2D eigenvalue weighted by Crippen LogP contribution is 2.19. The van der Waals surface area contributed by atoms with Crippen molar-refractivity contribution in [3.05, 3.63) is 0 Å². The minimum absolute atomic E-state index is 0.311. The van der Waals surface area contributed by atoms with E-state index in [-0.39, 0.29) is 0 Å². The first kappa shape index (κ1) is 12.5. The highest BCUT2D eigenvalue weighted by molar-refractivity contribution is 5.76. The number of nitrogens with two attached hydrogens (primary N) is 1. The van der Waals surface area contributed by atoms with Crippen LogP contribution < -0.4 is 5.73 Å². The number of hydrogen-bond donors (Lipinski definition) is 2. The molecule has 0 aromatic carbocycles. The molecule has 0 spiro atoms. The molecule has 4 heteroatoms. The van der Waals surface area contributed by atoms with Crippen LogP contribution in [0.1, 0.15) is 19.8 Å². The van der Waals surface area contributed by atoms with E-state index in [9.17, 15) is 0 Å². The Morgan fingerprint density at radius 3 is 2.60 bits per heavy atom. The highest BCUT2D eigenvalue weighted by atomic mass is 15.2. The number of likely N-dealkylation sites (tertiary alicyclic amines) is 1. The fraction of sp³-hybridized carbons (Fsp3) is 0.909. The van der Waals surface area contributed by atoms with Crippen LogP contribution in [0.3, 0.4) is 0 Å². The minimum atomic E-state index is 0.311. The first-order valence-electron chi connectivity index (χ1n) is 5.72. The first-order chi connectivity index (χ1) is 7.00. The summed E-state index contributed by atoms with van der Waals surface area (Å²) in [5.41, 5.74) is 5.34. The SMILES string of the molecule is CC1CN(CCCC(=N)N)CC1N(C)C. The van der Waals surface area contributed by atoms with E-state index in [0.717, 1.165) is 31.8 Å². The van der Waals surface area contributed by atoms with Crippen molar-refractivity contribution in [2.24, 2.45) is 11.7 Å². The number of likely N-dealkylation sites (N-methyl/N-ethyl adjacent to an activating group) is 1. The molecular formula is C11H24N4. The van der Waals surface area contributed by atoms with E-state index in [2.05, 4.69) is 30.8 Å². The van der Waals surface area contributed by atoms with E-state index in [0.29, 0.717) is 11.9 Å². The van der Waals surface area contributed by atoms with Crippen molar-refractivity contribution < 1.29 is 0 Å². The van der Waals surface area contributed by atoms with Crippen LogP contribution in [-0.4, -0.2) is 55.4 Å². The summed E-state index contributed by atoms with van der Waals surface area (Å²) < 4.78 is 0. The van der Waals surface area contributed by atoms with Gasteiger partial charge in [-0.1, -0.05) is 6.92 Å². The molecule has 2 unspecified atom stereocenters. The van der Waals surface area contributed by atoms with Crippen LogP contribution in [0.25, 0.3) is 0 Å². The molecule has 3 N–H and O–H groups in total. The molecule has 4 nitrogen and oxygen atoms in total. The molecule has 0 amide bonds. The zero-order valence-electron chi connectivity index (χ0n) is 10.2. The lowest BCUT2D eigenvalue weighted by Crippen LogP contribution is -2.34. The molecule has 1 heterocycles. The predicted molar refractivity (Wildman–Crippen MR) is 64.2 cm³/mol. The van der Waals surface area contributed by atoms with E-state index in [4.69, 9.17) is 11.1 Å². The predicted octanol–water partition coefficient (Wildman–Crippen LogP) is 0.584. The van der Waals surface area contributed by atoms with Gasteiger partial charge in [-0.15, -0.1) is 0 Å². The minimum Gasteiger partial charge on any atom is -0.388 e. The average Bonchev–Trinajstić information content (AvgIpc) is 2.46. The van der Waals surface area contributed by atoms with Gasteiger partial charge >= 0.3 is 0 Å². The maximum atomic E-state index is 7.17. The van der Waals surface area contributed by atoms with Crippen molar-refractivity contribution >= 4 is 5.84 Å². The quantitative estimate of drug-likeness (QED) is 0.518. The summed E-state index contributed by atoms with van der Waals surface area (Å²) in [4.78, 5) is 4.80. The van der Waals surface area contributed by atoms with Crippen molar-refractivity contribution in [1.82, 2.24) is 9.80 Å². The number of hydrogen-bond acceptors (Lipinski definition) is 3. The van der Waals surface area contributed by atoms with Crippen molar-refractivity contribution in [2.45, 2.75) is 25.8 Å². The van der Waals surface area contributed by atoms with Gasteiger partial charge in [0, 0.05) is 25.6 Å². The highest BCUT2D eigenvalue weighted by Gasteiger charge is 2.30. The largest absolute Gasteiger partial charge is 0.388 e. The summed E-state index contributed by atoms with van der Waals surface area (Å²) in [6.07, 6.45) is 1.75. The van der Waals surface area contributed by atoms with Crippen LogP contribution in [0.5, 0.6) is 0 Å². The standard InChI is InChI=1S/C11H24N4/c1-9-7-15(6-4-5-11(12)13)8-10(9)14(2)3/h9-10H,4-8H2,1-3H3,(H3,12,13). The van der Waals surface area contributed by atoms with Crippen molar-refractivity contribution in [3.8, 4) is 0 Å². The number of nitrogens with one attached hydrogen (secondary N) is 1. The fourth-order valence-corrected chi connectivity index (χ4v) is 2.40. The lowest BCUT2D eigenvalue weighted by molar-refractivity contribution is 0.252. The molecule has 88 valence electrons. The molecule has 1 aliphatic heterocycles. The van der Waals surface area contributed by atoms with Crippen LogP contribution in [0.15, 0.2) is 0 Å². The maximum Gasteiger partial charge on any atom is 0.0905 e. The number of rotatable bonds is 5. The third kappa shape index (κ3) is 3.80. The van der Waals surface area contributed by atoms with Gasteiger partial charge in [-0.05, 0) is 33.0 Å². The monoisotopic (exact) mass is 212 g/mol. The third-order valence-electron chi connectivity index (χ3n) is 3.23. The topological polar surface area (TPSA) is 56.4 Å². The Morgan fingerprint density at radius 1 is 1.47 bits per heavy atom. The van der Waals surface area contributed by atoms with Crippen molar-refractivity contribution in [3.63, 3.8) is 0 Å². The molecule has 0 saturated carbocycles. The Balaban J connectivity index is 2.26. The van der Waals surface area contributed by atoms with Crippen LogP contribution in [0, 0.1) is 11.3 Å². The fourth-order valence-electron chi connectivity index (χ4n) is 2.40. The van der Waals surface area contributed by atoms with Gasteiger partial charge in [-0.3, -0.25) is 5.41 Å². The lowest BCUT2D eigenvalue weighted by atomic mass is 10.1. The molecule has 1 fully saturated rings. The van der Waals surface area contributed by atoms with Gasteiger partial charge in [-0.25, -0.2) is 0 Å². The second-order valence-electron chi connectivity index (χ2n) is 4.90. The van der Waals surface area contributed by atoms with Gasteiger partial charge in [0.05, 0.1) is 5.84 Å². The van der Waals surface area contributed by atoms with Gasteiger partial charge in [0.25, 0.3) is 0 Å². The summed E-state index contributed by atoms with van der Waals surface area (Å²) in [7, 11) is 4.31. The van der Waals surface area contributed by atoms with Gasteiger partial charge in [0.1, 0.15) is 0 Å². The van der Waals surface area contributed by atoms with E-state index < -0.39 is 0 Å². The molecule has 0 radical (unpaired) electrons. The third-order valence-corrected chi connectivity index (χ3v) is 3.23. The molecule has 1 rings (SSSR count). The molecule has 0 aromatic rings. The van der Waals surface area contributed by atoms with Gasteiger partial charge in [0.2, 0.25) is 0 Å². The second kappa shape index (κ2) is 5.47. The summed E-state index contributed by atoms with van der Waals surface area (Å²) in [6.45, 7) is 5.73. The van der Waals surface area contributed by atoms with Crippen LogP contribution in [-0.2, 0) is 0 Å². The Bertz CT molecular complexity index is 215. The molecular weight excluding hydrogens is 188 g/mol. The summed E-state index contributed by atoms with van der Waals surface area (Å²) in [5.74, 6) is 1.06. The van der Waals surface area contributed by atoms with Crippen LogP contribution >= 0.6 is 0 Å². The first-order valence-corrected chi connectivity index (χ1v) is 5.72. The Labute approximate surface area is 92.9 Å². The molecule has 0 aromatic heterocycles. The summed E-state index contributed by atoms with van der Waals surface area (Å²) in [6, 6.07) is 0.683. The molecule has 0 aliphatic carbocycles. The summed E-state index contributed by atoms with van der Waals surface area (Å²) in [5, 5.41) is 7.17. The van der Waals surface area contributed by atoms with Crippen molar-refractivity contribution in [2.75, 3.05) is 33.7 Å². The van der Waals surface area contributed by atoms with Crippen LogP contribution in [0.4, 0.5) is 0 Å². The van der Waals surface area contributed by atoms with E-state index in [1.54, 1.807) is 0 Å². The number of amidine groups is 1. The van der Waals surface area contributed by atoms with Crippen LogP contribution in [0.2, 0.25) is 0 Å². The van der Waals surface area contributed by atoms with E-state index in [1.807, 2.05) is 0 Å². The molecule has 1 saturated heterocycles.